The Morgan fingerprint density at radius 2 is 2.00 bits per heavy atom. The molecule has 0 radical (unpaired) electrons. The molecule has 92 valence electrons. The van der Waals surface area contributed by atoms with Gasteiger partial charge < -0.3 is 11.1 Å². The molecule has 0 aliphatic heterocycles. The molecule has 1 amide bonds. The van der Waals surface area contributed by atoms with Crippen molar-refractivity contribution in [3.63, 3.8) is 0 Å². The summed E-state index contributed by atoms with van der Waals surface area (Å²) in [5.41, 5.74) is 7.57. The highest BCUT2D eigenvalue weighted by Crippen LogP contribution is 2.22. The first-order valence-corrected chi connectivity index (χ1v) is 6.13. The molecule has 0 heterocycles. The summed E-state index contributed by atoms with van der Waals surface area (Å²) < 4.78 is 0. The van der Waals surface area contributed by atoms with E-state index in [2.05, 4.69) is 29.6 Å². The molecule has 0 bridgehead atoms. The molecule has 0 aromatic heterocycles. The van der Waals surface area contributed by atoms with E-state index in [0.717, 1.165) is 19.3 Å². The van der Waals surface area contributed by atoms with Crippen LogP contribution in [0.2, 0.25) is 0 Å². The molecule has 0 saturated heterocycles. The van der Waals surface area contributed by atoms with Gasteiger partial charge in [0.15, 0.2) is 0 Å². The predicted octanol–water partition coefficient (Wildman–Crippen LogP) is 1.40. The van der Waals surface area contributed by atoms with Crippen LogP contribution in [0.15, 0.2) is 24.3 Å². The number of hydrogen-bond donors (Lipinski definition) is 2. The van der Waals surface area contributed by atoms with Crippen LogP contribution in [0.25, 0.3) is 0 Å². The second-order valence-electron chi connectivity index (χ2n) is 5.34. The van der Waals surface area contributed by atoms with Gasteiger partial charge in [0, 0.05) is 6.04 Å². The number of hydrogen-bond acceptors (Lipinski definition) is 2. The third-order valence-corrected chi connectivity index (χ3v) is 3.53. The number of aryl methyl sites for hydroxylation is 1. The molecule has 3 nitrogen and oxygen atoms in total. The minimum atomic E-state index is -0.628. The Morgan fingerprint density at radius 1 is 1.35 bits per heavy atom. The van der Waals surface area contributed by atoms with E-state index >= 15 is 0 Å². The summed E-state index contributed by atoms with van der Waals surface area (Å²) in [7, 11) is 0. The first-order chi connectivity index (χ1) is 7.99. The fraction of sp³-hybridized carbons (Fsp3) is 0.500. The number of amides is 1. The van der Waals surface area contributed by atoms with Gasteiger partial charge in [-0.25, -0.2) is 0 Å². The van der Waals surface area contributed by atoms with Crippen molar-refractivity contribution in [2.75, 3.05) is 0 Å². The van der Waals surface area contributed by atoms with Crippen LogP contribution < -0.4 is 11.1 Å². The molecule has 3 N–H and O–H groups in total. The van der Waals surface area contributed by atoms with Crippen molar-refractivity contribution in [2.24, 2.45) is 5.73 Å². The van der Waals surface area contributed by atoms with E-state index in [9.17, 15) is 4.79 Å². The van der Waals surface area contributed by atoms with Gasteiger partial charge in [-0.2, -0.15) is 0 Å². The predicted molar refractivity (Wildman–Crippen MR) is 68.7 cm³/mol. The van der Waals surface area contributed by atoms with Gasteiger partial charge in [0.05, 0.1) is 5.54 Å². The highest BCUT2D eigenvalue weighted by molar-refractivity contribution is 5.83. The number of benzene rings is 1. The quantitative estimate of drug-likeness (QED) is 0.827. The van der Waals surface area contributed by atoms with Crippen LogP contribution >= 0.6 is 0 Å². The Morgan fingerprint density at radius 3 is 2.65 bits per heavy atom. The minimum Gasteiger partial charge on any atom is -0.368 e. The molecule has 0 saturated carbocycles. The summed E-state index contributed by atoms with van der Waals surface area (Å²) in [5.74, 6) is -0.295. The summed E-state index contributed by atoms with van der Waals surface area (Å²) in [6, 6.07) is 8.85. The SMILES string of the molecule is CC(C)(NC1CCc2ccccc2C1)C(N)=O. The van der Waals surface area contributed by atoms with Gasteiger partial charge in [0.1, 0.15) is 0 Å². The van der Waals surface area contributed by atoms with E-state index in [1.54, 1.807) is 0 Å². The van der Waals surface area contributed by atoms with Crippen molar-refractivity contribution in [3.8, 4) is 0 Å². The van der Waals surface area contributed by atoms with Crippen molar-refractivity contribution < 1.29 is 4.79 Å². The van der Waals surface area contributed by atoms with E-state index in [1.807, 2.05) is 13.8 Å². The van der Waals surface area contributed by atoms with Crippen molar-refractivity contribution in [3.05, 3.63) is 35.4 Å². The van der Waals surface area contributed by atoms with Gasteiger partial charge in [-0.1, -0.05) is 24.3 Å². The lowest BCUT2D eigenvalue weighted by Crippen LogP contribution is -2.55. The Balaban J connectivity index is 2.06. The Bertz CT molecular complexity index is 426. The molecular formula is C14H20N2O. The van der Waals surface area contributed by atoms with Gasteiger partial charge in [-0.05, 0) is 44.2 Å². The second-order valence-corrected chi connectivity index (χ2v) is 5.34. The van der Waals surface area contributed by atoms with Crippen molar-refractivity contribution in [2.45, 2.75) is 44.7 Å². The van der Waals surface area contributed by atoms with Crippen LogP contribution in [-0.4, -0.2) is 17.5 Å². The molecule has 17 heavy (non-hydrogen) atoms. The van der Waals surface area contributed by atoms with Crippen LogP contribution in [-0.2, 0) is 17.6 Å². The number of primary amides is 1. The minimum absolute atomic E-state index is 0.295. The van der Waals surface area contributed by atoms with E-state index in [0.29, 0.717) is 6.04 Å². The average molecular weight is 232 g/mol. The first-order valence-electron chi connectivity index (χ1n) is 6.13. The molecule has 1 unspecified atom stereocenters. The summed E-state index contributed by atoms with van der Waals surface area (Å²) >= 11 is 0. The fourth-order valence-corrected chi connectivity index (χ4v) is 2.40. The zero-order valence-corrected chi connectivity index (χ0v) is 10.5. The zero-order chi connectivity index (χ0) is 12.5. The Hall–Kier alpha value is -1.35. The smallest absolute Gasteiger partial charge is 0.237 e. The monoisotopic (exact) mass is 232 g/mol. The molecule has 1 atom stereocenters. The van der Waals surface area contributed by atoms with Crippen LogP contribution in [0.5, 0.6) is 0 Å². The lowest BCUT2D eigenvalue weighted by atomic mass is 9.87. The fourth-order valence-electron chi connectivity index (χ4n) is 2.40. The topological polar surface area (TPSA) is 55.1 Å². The maximum absolute atomic E-state index is 11.3. The standard InChI is InChI=1S/C14H20N2O/c1-14(2,13(15)17)16-12-8-7-10-5-3-4-6-11(10)9-12/h3-6,12,16H,7-9H2,1-2H3,(H2,15,17). The second kappa shape index (κ2) is 4.49. The lowest BCUT2D eigenvalue weighted by molar-refractivity contribution is -0.123. The van der Waals surface area contributed by atoms with E-state index in [-0.39, 0.29) is 5.91 Å². The van der Waals surface area contributed by atoms with E-state index in [1.165, 1.54) is 11.1 Å². The highest BCUT2D eigenvalue weighted by Gasteiger charge is 2.29. The number of rotatable bonds is 3. The van der Waals surface area contributed by atoms with Gasteiger partial charge in [0.2, 0.25) is 5.91 Å². The molecule has 1 aliphatic rings. The van der Waals surface area contributed by atoms with Gasteiger partial charge in [-0.15, -0.1) is 0 Å². The van der Waals surface area contributed by atoms with Gasteiger partial charge >= 0.3 is 0 Å². The summed E-state index contributed by atoms with van der Waals surface area (Å²) in [4.78, 5) is 11.3. The lowest BCUT2D eigenvalue weighted by Gasteiger charge is -2.32. The number of carbonyl (C=O) groups excluding carboxylic acids is 1. The maximum Gasteiger partial charge on any atom is 0.237 e. The number of nitrogens with two attached hydrogens (primary N) is 1. The molecule has 1 aliphatic carbocycles. The Kier molecular flexibility index (Phi) is 3.20. The zero-order valence-electron chi connectivity index (χ0n) is 10.5. The van der Waals surface area contributed by atoms with Crippen LogP contribution in [0, 0.1) is 0 Å². The molecule has 0 fully saturated rings. The normalized spacial score (nSPS) is 19.8. The average Bonchev–Trinajstić information content (AvgIpc) is 2.28. The largest absolute Gasteiger partial charge is 0.368 e. The summed E-state index contributed by atoms with van der Waals surface area (Å²) in [6.45, 7) is 3.69. The molecule has 0 spiro atoms. The van der Waals surface area contributed by atoms with Crippen LogP contribution in [0.1, 0.15) is 31.4 Å². The van der Waals surface area contributed by atoms with Crippen molar-refractivity contribution in [1.29, 1.82) is 0 Å². The van der Waals surface area contributed by atoms with Crippen molar-refractivity contribution in [1.82, 2.24) is 5.32 Å². The Labute approximate surface area is 102 Å². The van der Waals surface area contributed by atoms with E-state index in [4.69, 9.17) is 5.73 Å². The number of fused-ring (bicyclic) bond motifs is 1. The van der Waals surface area contributed by atoms with E-state index < -0.39 is 5.54 Å². The molecule has 1 aromatic rings. The van der Waals surface area contributed by atoms with Gasteiger partial charge in [0.25, 0.3) is 0 Å². The number of nitrogens with one attached hydrogen (secondary N) is 1. The van der Waals surface area contributed by atoms with Gasteiger partial charge in [-0.3, -0.25) is 4.79 Å². The maximum atomic E-state index is 11.3. The third kappa shape index (κ3) is 2.67. The summed E-state index contributed by atoms with van der Waals surface area (Å²) in [6.07, 6.45) is 3.11. The van der Waals surface area contributed by atoms with Crippen LogP contribution in [0.3, 0.4) is 0 Å². The molecule has 1 aromatic carbocycles. The first kappa shape index (κ1) is 12.1. The third-order valence-electron chi connectivity index (χ3n) is 3.53. The summed E-state index contributed by atoms with van der Waals surface area (Å²) in [5, 5.41) is 3.36. The van der Waals surface area contributed by atoms with Crippen LogP contribution in [0.4, 0.5) is 0 Å². The molecule has 2 rings (SSSR count). The molecular weight excluding hydrogens is 212 g/mol. The highest BCUT2D eigenvalue weighted by atomic mass is 16.1. The van der Waals surface area contributed by atoms with Crippen molar-refractivity contribution >= 4 is 5.91 Å². The number of carbonyl (C=O) groups is 1. The molecule has 3 heteroatoms.